The standard InChI is InChI=1S/C34H54N2O6/c1-22(2)27(18-25-10-15-32(41-8)33(19-25)42-17-9-16-39-6)20-30(35)31(37)21-29(23(3)4)34(38)36-24(5)26-11-13-28(40-7)14-12-26/h10-15,19,22-24,27,29-31,37H,9,16-18,20-21,35H2,1-8H3,(H,36,38)/t24-,27+,29+,30+,31+/m1/s1. The Balaban J connectivity index is 2.03. The molecule has 5 atom stereocenters. The molecule has 0 aliphatic heterocycles. The van der Waals surface area contributed by atoms with Crippen LogP contribution in [0.4, 0.5) is 0 Å². The third-order valence-corrected chi connectivity index (χ3v) is 8.10. The smallest absolute Gasteiger partial charge is 0.223 e. The van der Waals surface area contributed by atoms with E-state index in [1.165, 1.54) is 0 Å². The first-order chi connectivity index (χ1) is 20.0. The molecule has 0 aliphatic carbocycles. The van der Waals surface area contributed by atoms with Crippen molar-refractivity contribution in [1.29, 1.82) is 0 Å². The number of nitrogens with two attached hydrogens (primary N) is 1. The summed E-state index contributed by atoms with van der Waals surface area (Å²) in [6.07, 6.45) is 1.75. The van der Waals surface area contributed by atoms with Crippen LogP contribution in [0.3, 0.4) is 0 Å². The average molecular weight is 587 g/mol. The molecule has 42 heavy (non-hydrogen) atoms. The molecular formula is C34H54N2O6. The molecular weight excluding hydrogens is 532 g/mol. The number of methoxy groups -OCH3 is 3. The van der Waals surface area contributed by atoms with E-state index in [0.717, 1.165) is 29.7 Å². The van der Waals surface area contributed by atoms with Gasteiger partial charge in [-0.2, -0.15) is 0 Å². The molecule has 2 aromatic carbocycles. The molecule has 0 bridgehead atoms. The molecule has 1 amide bonds. The van der Waals surface area contributed by atoms with E-state index < -0.39 is 12.1 Å². The lowest BCUT2D eigenvalue weighted by atomic mass is 9.80. The number of aliphatic hydroxyl groups is 1. The van der Waals surface area contributed by atoms with Crippen molar-refractivity contribution in [1.82, 2.24) is 5.32 Å². The molecule has 4 N–H and O–H groups in total. The zero-order valence-electron chi connectivity index (χ0n) is 26.9. The molecule has 0 fully saturated rings. The highest BCUT2D eigenvalue weighted by atomic mass is 16.5. The van der Waals surface area contributed by atoms with E-state index in [0.29, 0.717) is 43.5 Å². The Kier molecular flexibility index (Phi) is 15.2. The predicted molar refractivity (Wildman–Crippen MR) is 168 cm³/mol. The summed E-state index contributed by atoms with van der Waals surface area (Å²) in [6, 6.07) is 13.1. The van der Waals surface area contributed by atoms with Crippen molar-refractivity contribution in [3.8, 4) is 17.2 Å². The highest BCUT2D eigenvalue weighted by Crippen LogP contribution is 2.32. The maximum absolute atomic E-state index is 13.3. The van der Waals surface area contributed by atoms with E-state index in [4.69, 9.17) is 24.7 Å². The van der Waals surface area contributed by atoms with Crippen molar-refractivity contribution in [3.05, 3.63) is 53.6 Å². The van der Waals surface area contributed by atoms with Crippen LogP contribution in [0.1, 0.15) is 71.0 Å². The quantitative estimate of drug-likeness (QED) is 0.185. The van der Waals surface area contributed by atoms with Gasteiger partial charge in [-0.25, -0.2) is 0 Å². The summed E-state index contributed by atoms with van der Waals surface area (Å²) in [5.41, 5.74) is 8.72. The first kappa shape index (κ1) is 35.4. The van der Waals surface area contributed by atoms with Crippen molar-refractivity contribution in [2.45, 2.75) is 78.5 Å². The Morgan fingerprint density at radius 3 is 2.14 bits per heavy atom. The number of benzene rings is 2. The predicted octanol–water partition coefficient (Wildman–Crippen LogP) is 5.55. The molecule has 0 radical (unpaired) electrons. The van der Waals surface area contributed by atoms with Crippen LogP contribution in [-0.4, -0.2) is 57.7 Å². The molecule has 8 heteroatoms. The Bertz CT molecular complexity index is 1060. The maximum Gasteiger partial charge on any atom is 0.223 e. The minimum atomic E-state index is -0.795. The van der Waals surface area contributed by atoms with Crippen molar-refractivity contribution >= 4 is 5.91 Å². The van der Waals surface area contributed by atoms with Crippen LogP contribution in [0.2, 0.25) is 0 Å². The summed E-state index contributed by atoms with van der Waals surface area (Å²) < 4.78 is 21.8. The van der Waals surface area contributed by atoms with E-state index in [9.17, 15) is 9.90 Å². The van der Waals surface area contributed by atoms with Crippen LogP contribution in [0, 0.1) is 23.7 Å². The van der Waals surface area contributed by atoms with Crippen molar-refractivity contribution < 1.29 is 28.8 Å². The molecule has 2 rings (SSSR count). The highest BCUT2D eigenvalue weighted by Gasteiger charge is 2.30. The van der Waals surface area contributed by atoms with Gasteiger partial charge in [0, 0.05) is 32.1 Å². The topological polar surface area (TPSA) is 112 Å². The number of hydrogen-bond acceptors (Lipinski definition) is 7. The minimum absolute atomic E-state index is 0.0532. The number of nitrogens with one attached hydrogen (secondary N) is 1. The van der Waals surface area contributed by atoms with Crippen LogP contribution in [0.25, 0.3) is 0 Å². The van der Waals surface area contributed by atoms with E-state index in [1.807, 2.05) is 57.2 Å². The zero-order valence-corrected chi connectivity index (χ0v) is 26.9. The zero-order chi connectivity index (χ0) is 31.2. The molecule has 8 nitrogen and oxygen atoms in total. The Morgan fingerprint density at radius 1 is 0.881 bits per heavy atom. The van der Waals surface area contributed by atoms with Gasteiger partial charge in [-0.3, -0.25) is 4.79 Å². The van der Waals surface area contributed by atoms with Gasteiger partial charge in [-0.05, 0) is 79.3 Å². The fraction of sp³-hybridized carbons (Fsp3) is 0.618. The summed E-state index contributed by atoms with van der Waals surface area (Å²) in [6.45, 7) is 11.5. The largest absolute Gasteiger partial charge is 0.497 e. The summed E-state index contributed by atoms with van der Waals surface area (Å²) in [5.74, 6) is 2.40. The Morgan fingerprint density at radius 2 is 1.57 bits per heavy atom. The van der Waals surface area contributed by atoms with Crippen LogP contribution in [0.5, 0.6) is 17.2 Å². The van der Waals surface area contributed by atoms with Crippen LogP contribution in [-0.2, 0) is 16.0 Å². The minimum Gasteiger partial charge on any atom is -0.497 e. The monoisotopic (exact) mass is 586 g/mol. The molecule has 0 spiro atoms. The number of carbonyl (C=O) groups excluding carboxylic acids is 1. The SMILES string of the molecule is COCCCOc1cc(C[C@@H](C[C@H](N)[C@@H](O)C[C@H](C(=O)N[C@H](C)c2ccc(OC)cc2)C(C)C)C(C)C)ccc1OC. The van der Waals surface area contributed by atoms with Gasteiger partial charge in [-0.1, -0.05) is 45.9 Å². The molecule has 0 saturated heterocycles. The van der Waals surface area contributed by atoms with Crippen molar-refractivity contribution in [2.24, 2.45) is 29.4 Å². The third kappa shape index (κ3) is 11.1. The van der Waals surface area contributed by atoms with Gasteiger partial charge in [0.15, 0.2) is 11.5 Å². The summed E-state index contributed by atoms with van der Waals surface area (Å²) in [5, 5.41) is 14.3. The maximum atomic E-state index is 13.3. The lowest BCUT2D eigenvalue weighted by Crippen LogP contribution is -2.43. The van der Waals surface area contributed by atoms with Gasteiger partial charge in [0.25, 0.3) is 0 Å². The van der Waals surface area contributed by atoms with Gasteiger partial charge in [0.1, 0.15) is 5.75 Å². The molecule has 0 heterocycles. The molecule has 0 saturated carbocycles. The first-order valence-electron chi connectivity index (χ1n) is 15.2. The molecule has 0 aliphatic rings. The lowest BCUT2D eigenvalue weighted by molar-refractivity contribution is -0.128. The summed E-state index contributed by atoms with van der Waals surface area (Å²) in [7, 11) is 4.94. The van der Waals surface area contributed by atoms with Gasteiger partial charge in [0.05, 0.1) is 33.0 Å². The second kappa shape index (κ2) is 18.0. The lowest BCUT2D eigenvalue weighted by Gasteiger charge is -2.30. The molecule has 0 unspecified atom stereocenters. The van der Waals surface area contributed by atoms with E-state index >= 15 is 0 Å². The number of carbonyl (C=O) groups is 1. The second-order valence-electron chi connectivity index (χ2n) is 11.9. The molecule has 2 aromatic rings. The number of aliphatic hydroxyl groups excluding tert-OH is 1. The number of rotatable bonds is 19. The number of ether oxygens (including phenoxy) is 4. The van der Waals surface area contributed by atoms with E-state index in [1.54, 1.807) is 21.3 Å². The van der Waals surface area contributed by atoms with Gasteiger partial charge < -0.3 is 35.1 Å². The van der Waals surface area contributed by atoms with Gasteiger partial charge >= 0.3 is 0 Å². The third-order valence-electron chi connectivity index (χ3n) is 8.10. The van der Waals surface area contributed by atoms with Crippen LogP contribution < -0.4 is 25.3 Å². The summed E-state index contributed by atoms with van der Waals surface area (Å²) in [4.78, 5) is 13.3. The van der Waals surface area contributed by atoms with Crippen molar-refractivity contribution in [3.63, 3.8) is 0 Å². The van der Waals surface area contributed by atoms with Crippen molar-refractivity contribution in [2.75, 3.05) is 34.5 Å². The Hall–Kier alpha value is -2.81. The molecule has 0 aromatic heterocycles. The fourth-order valence-corrected chi connectivity index (χ4v) is 5.16. The Labute approximate surface area is 253 Å². The number of hydrogen-bond donors (Lipinski definition) is 3. The van der Waals surface area contributed by atoms with Gasteiger partial charge in [-0.15, -0.1) is 0 Å². The molecule has 236 valence electrons. The number of amides is 1. The summed E-state index contributed by atoms with van der Waals surface area (Å²) >= 11 is 0. The van der Waals surface area contributed by atoms with Crippen LogP contribution >= 0.6 is 0 Å². The average Bonchev–Trinajstić information content (AvgIpc) is 2.97. The van der Waals surface area contributed by atoms with Crippen LogP contribution in [0.15, 0.2) is 42.5 Å². The van der Waals surface area contributed by atoms with Gasteiger partial charge in [0.2, 0.25) is 5.91 Å². The van der Waals surface area contributed by atoms with E-state index in [-0.39, 0.29) is 29.7 Å². The normalized spacial score (nSPS) is 15.1. The van der Waals surface area contributed by atoms with E-state index in [2.05, 4.69) is 25.2 Å². The first-order valence-corrected chi connectivity index (χ1v) is 15.2. The fourth-order valence-electron chi connectivity index (χ4n) is 5.16. The second-order valence-corrected chi connectivity index (χ2v) is 11.9. The highest BCUT2D eigenvalue weighted by molar-refractivity contribution is 5.79.